The summed E-state index contributed by atoms with van der Waals surface area (Å²) in [6.45, 7) is 5.73. The molecule has 1 aromatic heterocycles. The minimum atomic E-state index is -0.154. The Morgan fingerprint density at radius 2 is 2.35 bits per heavy atom. The molecular formula is C15H26N4O. The maximum Gasteiger partial charge on any atom is 0.273 e. The van der Waals surface area contributed by atoms with Gasteiger partial charge in [0.2, 0.25) is 0 Å². The molecule has 2 atom stereocenters. The second-order valence-electron chi connectivity index (χ2n) is 5.97. The molecule has 1 amide bonds. The van der Waals surface area contributed by atoms with E-state index in [2.05, 4.69) is 17.3 Å². The molecule has 1 saturated carbocycles. The van der Waals surface area contributed by atoms with Crippen molar-refractivity contribution in [3.63, 3.8) is 0 Å². The molecule has 2 rings (SSSR count). The first-order valence-corrected chi connectivity index (χ1v) is 7.71. The van der Waals surface area contributed by atoms with Gasteiger partial charge in [0.05, 0.1) is 5.69 Å². The molecule has 112 valence electrons. The van der Waals surface area contributed by atoms with Crippen LogP contribution in [0.1, 0.15) is 56.4 Å². The Kier molecular flexibility index (Phi) is 5.04. The van der Waals surface area contributed by atoms with E-state index in [1.807, 2.05) is 6.92 Å². The zero-order valence-corrected chi connectivity index (χ0v) is 12.6. The third-order valence-corrected chi connectivity index (χ3v) is 4.21. The van der Waals surface area contributed by atoms with Crippen molar-refractivity contribution >= 4 is 11.6 Å². The van der Waals surface area contributed by atoms with Crippen LogP contribution >= 0.6 is 0 Å². The van der Waals surface area contributed by atoms with Crippen LogP contribution in [0.4, 0.5) is 5.69 Å². The molecule has 0 saturated heterocycles. The smallest absolute Gasteiger partial charge is 0.273 e. The third-order valence-electron chi connectivity index (χ3n) is 4.21. The van der Waals surface area contributed by atoms with Crippen LogP contribution in [0.25, 0.3) is 0 Å². The summed E-state index contributed by atoms with van der Waals surface area (Å²) in [5.74, 6) is 1.43. The highest BCUT2D eigenvalue weighted by molar-refractivity contribution is 5.96. The molecule has 5 heteroatoms. The Morgan fingerprint density at radius 3 is 3.00 bits per heavy atom. The number of carbonyl (C=O) groups excluding carboxylic acids is 1. The van der Waals surface area contributed by atoms with Gasteiger partial charge in [0.25, 0.3) is 5.91 Å². The van der Waals surface area contributed by atoms with Crippen LogP contribution in [0, 0.1) is 11.8 Å². The quantitative estimate of drug-likeness (QED) is 0.868. The normalized spacial score (nSPS) is 22.7. The Balaban J connectivity index is 1.78. The van der Waals surface area contributed by atoms with Crippen molar-refractivity contribution in [2.24, 2.45) is 11.8 Å². The number of aromatic nitrogens is 2. The van der Waals surface area contributed by atoms with E-state index in [1.165, 1.54) is 25.7 Å². The fraction of sp³-hybridized carbons (Fsp3) is 0.733. The predicted octanol–water partition coefficient (Wildman–Crippen LogP) is 2.43. The predicted molar refractivity (Wildman–Crippen MR) is 80.4 cm³/mol. The number of nitrogens with two attached hydrogens (primary N) is 1. The average molecular weight is 278 g/mol. The summed E-state index contributed by atoms with van der Waals surface area (Å²) in [6.07, 6.45) is 8.04. The van der Waals surface area contributed by atoms with Crippen molar-refractivity contribution in [3.05, 3.63) is 11.9 Å². The number of nitrogens with zero attached hydrogens (tertiary/aromatic N) is 2. The van der Waals surface area contributed by atoms with Gasteiger partial charge in [-0.1, -0.05) is 26.2 Å². The summed E-state index contributed by atoms with van der Waals surface area (Å²) in [7, 11) is 0. The lowest BCUT2D eigenvalue weighted by molar-refractivity contribution is 0.0944. The molecule has 2 unspecified atom stereocenters. The van der Waals surface area contributed by atoms with E-state index in [0.717, 1.165) is 24.8 Å². The topological polar surface area (TPSA) is 72.9 Å². The van der Waals surface area contributed by atoms with Gasteiger partial charge in [0, 0.05) is 19.3 Å². The van der Waals surface area contributed by atoms with Gasteiger partial charge >= 0.3 is 0 Å². The average Bonchev–Trinajstić information content (AvgIpc) is 2.80. The number of hydrogen-bond donors (Lipinski definition) is 2. The van der Waals surface area contributed by atoms with E-state index in [1.54, 1.807) is 10.9 Å². The fourth-order valence-electron chi connectivity index (χ4n) is 3.07. The maximum absolute atomic E-state index is 12.0. The molecule has 5 nitrogen and oxygen atoms in total. The summed E-state index contributed by atoms with van der Waals surface area (Å²) >= 11 is 0. The standard InChI is InChI=1S/C15H26N4O/c1-3-19-10-13(16)14(18-19)15(20)17-8-7-12-6-4-5-11(2)9-12/h10-12H,3-9,16H2,1-2H3,(H,17,20). The van der Waals surface area contributed by atoms with Crippen LogP contribution in [0.2, 0.25) is 0 Å². The molecule has 0 radical (unpaired) electrons. The Bertz CT molecular complexity index is 455. The van der Waals surface area contributed by atoms with Crippen LogP contribution < -0.4 is 11.1 Å². The third kappa shape index (κ3) is 3.74. The molecule has 1 aliphatic rings. The summed E-state index contributed by atoms with van der Waals surface area (Å²) in [5, 5.41) is 7.13. The summed E-state index contributed by atoms with van der Waals surface area (Å²) in [6, 6.07) is 0. The lowest BCUT2D eigenvalue weighted by Crippen LogP contribution is -2.28. The molecule has 0 aromatic carbocycles. The highest BCUT2D eigenvalue weighted by Crippen LogP contribution is 2.30. The Hall–Kier alpha value is -1.52. The van der Waals surface area contributed by atoms with Crippen LogP contribution in [0.15, 0.2) is 6.20 Å². The van der Waals surface area contributed by atoms with Crippen LogP contribution in [-0.2, 0) is 6.54 Å². The number of carbonyl (C=O) groups is 1. The van der Waals surface area contributed by atoms with Crippen molar-refractivity contribution in [3.8, 4) is 0 Å². The number of amides is 1. The molecule has 0 bridgehead atoms. The van der Waals surface area contributed by atoms with Gasteiger partial charge in [-0.25, -0.2) is 0 Å². The van der Waals surface area contributed by atoms with Crippen LogP contribution in [0.3, 0.4) is 0 Å². The van der Waals surface area contributed by atoms with E-state index in [-0.39, 0.29) is 5.91 Å². The Morgan fingerprint density at radius 1 is 1.55 bits per heavy atom. The molecule has 1 aromatic rings. The SMILES string of the molecule is CCn1cc(N)c(C(=O)NCCC2CCCC(C)C2)n1. The van der Waals surface area contributed by atoms with Crippen LogP contribution in [0.5, 0.6) is 0 Å². The van der Waals surface area contributed by atoms with Gasteiger partial charge in [-0.15, -0.1) is 0 Å². The molecule has 1 aliphatic carbocycles. The highest BCUT2D eigenvalue weighted by atomic mass is 16.1. The van der Waals surface area contributed by atoms with Crippen molar-refractivity contribution in [1.82, 2.24) is 15.1 Å². The number of nitrogen functional groups attached to an aromatic ring is 1. The maximum atomic E-state index is 12.0. The van der Waals surface area contributed by atoms with Crippen LogP contribution in [-0.4, -0.2) is 22.2 Å². The largest absolute Gasteiger partial charge is 0.396 e. The highest BCUT2D eigenvalue weighted by Gasteiger charge is 2.19. The van der Waals surface area contributed by atoms with Crippen molar-refractivity contribution in [1.29, 1.82) is 0 Å². The number of rotatable bonds is 5. The van der Waals surface area contributed by atoms with Gasteiger partial charge < -0.3 is 11.1 Å². The molecule has 0 spiro atoms. The van der Waals surface area contributed by atoms with Crippen molar-refractivity contribution in [2.75, 3.05) is 12.3 Å². The summed E-state index contributed by atoms with van der Waals surface area (Å²) < 4.78 is 1.69. The first-order valence-electron chi connectivity index (χ1n) is 7.71. The molecular weight excluding hydrogens is 252 g/mol. The molecule has 1 fully saturated rings. The lowest BCUT2D eigenvalue weighted by atomic mass is 9.81. The second kappa shape index (κ2) is 6.77. The summed E-state index contributed by atoms with van der Waals surface area (Å²) in [4.78, 5) is 12.0. The second-order valence-corrected chi connectivity index (χ2v) is 5.97. The Labute approximate surface area is 120 Å². The van der Waals surface area contributed by atoms with Gasteiger partial charge in [-0.2, -0.15) is 5.10 Å². The minimum absolute atomic E-state index is 0.154. The minimum Gasteiger partial charge on any atom is -0.396 e. The molecule has 3 N–H and O–H groups in total. The molecule has 1 heterocycles. The fourth-order valence-corrected chi connectivity index (χ4v) is 3.07. The van der Waals surface area contributed by atoms with E-state index in [4.69, 9.17) is 5.73 Å². The van der Waals surface area contributed by atoms with E-state index in [9.17, 15) is 4.79 Å². The first-order chi connectivity index (χ1) is 9.60. The van der Waals surface area contributed by atoms with Gasteiger partial charge in [0.15, 0.2) is 5.69 Å². The van der Waals surface area contributed by atoms with E-state index in [0.29, 0.717) is 17.9 Å². The van der Waals surface area contributed by atoms with Crippen molar-refractivity contribution in [2.45, 2.75) is 52.5 Å². The van der Waals surface area contributed by atoms with Gasteiger partial charge in [0.1, 0.15) is 0 Å². The monoisotopic (exact) mass is 278 g/mol. The molecule has 0 aliphatic heterocycles. The lowest BCUT2D eigenvalue weighted by Gasteiger charge is -2.26. The molecule has 20 heavy (non-hydrogen) atoms. The first kappa shape index (κ1) is 14.9. The number of aryl methyl sites for hydroxylation is 1. The zero-order valence-electron chi connectivity index (χ0n) is 12.6. The van der Waals surface area contributed by atoms with Gasteiger partial charge in [-0.3, -0.25) is 9.48 Å². The number of hydrogen-bond acceptors (Lipinski definition) is 3. The van der Waals surface area contributed by atoms with Crippen molar-refractivity contribution < 1.29 is 4.79 Å². The van der Waals surface area contributed by atoms with Gasteiger partial charge in [-0.05, 0) is 31.6 Å². The van der Waals surface area contributed by atoms with E-state index >= 15 is 0 Å². The summed E-state index contributed by atoms with van der Waals surface area (Å²) in [5.41, 5.74) is 6.61. The van der Waals surface area contributed by atoms with E-state index < -0.39 is 0 Å². The number of nitrogens with one attached hydrogen (secondary N) is 1. The zero-order chi connectivity index (χ0) is 14.5. The number of anilines is 1.